The Morgan fingerprint density at radius 2 is 2.11 bits per heavy atom. The lowest BCUT2D eigenvalue weighted by Gasteiger charge is -2.23. The second-order valence-electron chi connectivity index (χ2n) is 4.65. The largest absolute Gasteiger partial charge is 0.373 e. The van der Waals surface area contributed by atoms with E-state index in [2.05, 4.69) is 15.6 Å². The molecule has 1 aromatic heterocycles. The van der Waals surface area contributed by atoms with E-state index in [1.807, 2.05) is 6.92 Å². The molecule has 1 saturated heterocycles. The SMILES string of the molecule is CNc1nc(NCC2(C)CCCO2)c(F)cc1F. The highest BCUT2D eigenvalue weighted by Crippen LogP contribution is 2.26. The van der Waals surface area contributed by atoms with E-state index >= 15 is 0 Å². The average molecular weight is 257 g/mol. The molecule has 1 unspecified atom stereocenters. The molecule has 0 bridgehead atoms. The first-order valence-electron chi connectivity index (χ1n) is 5.96. The summed E-state index contributed by atoms with van der Waals surface area (Å²) in [6.07, 6.45) is 1.92. The number of nitrogens with one attached hydrogen (secondary N) is 2. The zero-order chi connectivity index (χ0) is 13.2. The van der Waals surface area contributed by atoms with Gasteiger partial charge in [0, 0.05) is 26.3 Å². The third-order valence-electron chi connectivity index (χ3n) is 3.10. The van der Waals surface area contributed by atoms with Gasteiger partial charge in [0.15, 0.2) is 23.3 Å². The third kappa shape index (κ3) is 2.69. The fourth-order valence-electron chi connectivity index (χ4n) is 2.01. The van der Waals surface area contributed by atoms with Crippen LogP contribution in [0.5, 0.6) is 0 Å². The molecule has 2 N–H and O–H groups in total. The highest BCUT2D eigenvalue weighted by molar-refractivity contribution is 5.47. The summed E-state index contributed by atoms with van der Waals surface area (Å²) >= 11 is 0. The normalized spacial score (nSPS) is 23.1. The van der Waals surface area contributed by atoms with Crippen LogP contribution in [0.3, 0.4) is 0 Å². The van der Waals surface area contributed by atoms with Gasteiger partial charge in [-0.05, 0) is 19.8 Å². The molecule has 0 amide bonds. The molecule has 0 aliphatic carbocycles. The van der Waals surface area contributed by atoms with Crippen LogP contribution in [0.25, 0.3) is 0 Å². The number of nitrogens with zero attached hydrogens (tertiary/aromatic N) is 1. The minimum absolute atomic E-state index is 0.0244. The van der Waals surface area contributed by atoms with Crippen LogP contribution < -0.4 is 10.6 Å². The molecule has 2 heterocycles. The van der Waals surface area contributed by atoms with Gasteiger partial charge in [0.1, 0.15) is 0 Å². The Bertz CT molecular complexity index is 434. The first kappa shape index (κ1) is 13.0. The number of rotatable bonds is 4. The van der Waals surface area contributed by atoms with Crippen LogP contribution in [-0.4, -0.2) is 30.8 Å². The predicted octanol–water partition coefficient (Wildman–Crippen LogP) is 2.38. The zero-order valence-electron chi connectivity index (χ0n) is 10.5. The molecule has 0 radical (unpaired) electrons. The second-order valence-corrected chi connectivity index (χ2v) is 4.65. The molecule has 0 spiro atoms. The van der Waals surface area contributed by atoms with Gasteiger partial charge in [-0.2, -0.15) is 0 Å². The maximum Gasteiger partial charge on any atom is 0.168 e. The lowest BCUT2D eigenvalue weighted by atomic mass is 10.0. The number of ether oxygens (including phenoxy) is 1. The van der Waals surface area contributed by atoms with Crippen molar-refractivity contribution in [2.75, 3.05) is 30.8 Å². The summed E-state index contributed by atoms with van der Waals surface area (Å²) in [5.74, 6) is -1.34. The predicted molar refractivity (Wildman–Crippen MR) is 65.8 cm³/mol. The molecule has 1 aliphatic rings. The lowest BCUT2D eigenvalue weighted by molar-refractivity contribution is 0.0314. The van der Waals surface area contributed by atoms with Gasteiger partial charge >= 0.3 is 0 Å². The lowest BCUT2D eigenvalue weighted by Crippen LogP contribution is -2.33. The Kier molecular flexibility index (Phi) is 3.65. The Hall–Kier alpha value is -1.43. The van der Waals surface area contributed by atoms with Gasteiger partial charge in [-0.1, -0.05) is 0 Å². The van der Waals surface area contributed by atoms with E-state index in [0.29, 0.717) is 6.54 Å². The van der Waals surface area contributed by atoms with Gasteiger partial charge in [-0.25, -0.2) is 13.8 Å². The zero-order valence-corrected chi connectivity index (χ0v) is 10.5. The van der Waals surface area contributed by atoms with E-state index in [0.717, 1.165) is 25.5 Å². The summed E-state index contributed by atoms with van der Waals surface area (Å²) in [5.41, 5.74) is -0.303. The van der Waals surface area contributed by atoms with Gasteiger partial charge < -0.3 is 15.4 Å². The Balaban J connectivity index is 2.09. The maximum atomic E-state index is 13.5. The van der Waals surface area contributed by atoms with E-state index in [1.54, 1.807) is 0 Å². The Morgan fingerprint density at radius 3 is 2.72 bits per heavy atom. The van der Waals surface area contributed by atoms with Gasteiger partial charge in [0.05, 0.1) is 5.60 Å². The summed E-state index contributed by atoms with van der Waals surface area (Å²) in [5, 5.41) is 5.46. The quantitative estimate of drug-likeness (QED) is 0.869. The minimum atomic E-state index is -0.705. The maximum absolute atomic E-state index is 13.5. The molecule has 1 atom stereocenters. The summed E-state index contributed by atoms with van der Waals surface area (Å²) in [6.45, 7) is 3.14. The molecule has 0 aromatic carbocycles. The number of pyridine rings is 1. The molecule has 2 rings (SSSR count). The molecule has 1 fully saturated rings. The van der Waals surface area contributed by atoms with Crippen LogP contribution in [0.1, 0.15) is 19.8 Å². The van der Waals surface area contributed by atoms with Gasteiger partial charge in [0.25, 0.3) is 0 Å². The van der Waals surface area contributed by atoms with Crippen molar-refractivity contribution < 1.29 is 13.5 Å². The van der Waals surface area contributed by atoms with Crippen LogP contribution in [0.15, 0.2) is 6.07 Å². The van der Waals surface area contributed by atoms with Crippen molar-refractivity contribution in [1.82, 2.24) is 4.98 Å². The van der Waals surface area contributed by atoms with Crippen molar-refractivity contribution in [2.45, 2.75) is 25.4 Å². The van der Waals surface area contributed by atoms with E-state index in [1.165, 1.54) is 7.05 Å². The summed E-state index contributed by atoms with van der Waals surface area (Å²) in [4.78, 5) is 3.85. The van der Waals surface area contributed by atoms with Crippen LogP contribution >= 0.6 is 0 Å². The van der Waals surface area contributed by atoms with Crippen LogP contribution in [-0.2, 0) is 4.74 Å². The topological polar surface area (TPSA) is 46.2 Å². The fraction of sp³-hybridized carbons (Fsp3) is 0.583. The average Bonchev–Trinajstić information content (AvgIpc) is 2.76. The molecule has 0 saturated carbocycles. The first-order chi connectivity index (χ1) is 8.54. The Labute approximate surface area is 105 Å². The smallest absolute Gasteiger partial charge is 0.168 e. The highest BCUT2D eigenvalue weighted by atomic mass is 19.1. The third-order valence-corrected chi connectivity index (χ3v) is 3.10. The number of halogens is 2. The van der Waals surface area contributed by atoms with Crippen molar-refractivity contribution in [3.8, 4) is 0 Å². The first-order valence-corrected chi connectivity index (χ1v) is 5.96. The molecular weight excluding hydrogens is 240 g/mol. The van der Waals surface area contributed by atoms with Crippen LogP contribution in [0, 0.1) is 11.6 Å². The van der Waals surface area contributed by atoms with Crippen molar-refractivity contribution in [3.63, 3.8) is 0 Å². The fourth-order valence-corrected chi connectivity index (χ4v) is 2.01. The number of anilines is 2. The molecule has 100 valence electrons. The van der Waals surface area contributed by atoms with Crippen LogP contribution in [0.4, 0.5) is 20.4 Å². The van der Waals surface area contributed by atoms with Gasteiger partial charge in [-0.3, -0.25) is 0 Å². The van der Waals surface area contributed by atoms with E-state index in [-0.39, 0.29) is 17.2 Å². The molecule has 1 aliphatic heterocycles. The van der Waals surface area contributed by atoms with E-state index < -0.39 is 11.6 Å². The number of hydrogen-bond donors (Lipinski definition) is 2. The van der Waals surface area contributed by atoms with Gasteiger partial charge in [0.2, 0.25) is 0 Å². The van der Waals surface area contributed by atoms with Crippen LogP contribution in [0.2, 0.25) is 0 Å². The second kappa shape index (κ2) is 5.06. The number of aromatic nitrogens is 1. The number of hydrogen-bond acceptors (Lipinski definition) is 4. The minimum Gasteiger partial charge on any atom is -0.373 e. The van der Waals surface area contributed by atoms with E-state index in [9.17, 15) is 8.78 Å². The summed E-state index contributed by atoms with van der Waals surface area (Å²) < 4.78 is 32.3. The molecule has 6 heteroatoms. The monoisotopic (exact) mass is 257 g/mol. The van der Waals surface area contributed by atoms with Gasteiger partial charge in [-0.15, -0.1) is 0 Å². The summed E-state index contributed by atoms with van der Waals surface area (Å²) in [7, 11) is 1.54. The van der Waals surface area contributed by atoms with Crippen molar-refractivity contribution >= 4 is 11.6 Å². The van der Waals surface area contributed by atoms with Crippen molar-refractivity contribution in [2.24, 2.45) is 0 Å². The highest BCUT2D eigenvalue weighted by Gasteiger charge is 2.29. The van der Waals surface area contributed by atoms with Crippen molar-refractivity contribution in [1.29, 1.82) is 0 Å². The van der Waals surface area contributed by atoms with E-state index in [4.69, 9.17) is 4.74 Å². The molecule has 18 heavy (non-hydrogen) atoms. The molecular formula is C12H17F2N3O. The standard InChI is InChI=1S/C12H17F2N3O/c1-12(4-3-5-18-12)7-16-11-9(14)6-8(13)10(15-2)17-11/h6H,3-5,7H2,1-2H3,(H2,15,16,17). The molecule has 1 aromatic rings. The Morgan fingerprint density at radius 1 is 1.39 bits per heavy atom. The molecule has 4 nitrogen and oxygen atoms in total. The summed E-state index contributed by atoms with van der Waals surface area (Å²) in [6, 6.07) is 0.818. The van der Waals surface area contributed by atoms with Crippen molar-refractivity contribution in [3.05, 3.63) is 17.7 Å².